The summed E-state index contributed by atoms with van der Waals surface area (Å²) in [6.07, 6.45) is 1.33. The van der Waals surface area contributed by atoms with E-state index in [0.717, 1.165) is 0 Å². The van der Waals surface area contributed by atoms with E-state index in [1.807, 2.05) is 0 Å². The number of rotatable bonds is 2. The SMILES string of the molecule is O=P([O-])(O)Oc1c[nH]c2cc(Cl)c(Br)cc12. The lowest BCUT2D eigenvalue weighted by Crippen LogP contribution is -2.05. The van der Waals surface area contributed by atoms with Gasteiger partial charge >= 0.3 is 7.82 Å². The average molecular weight is 325 g/mol. The second-order valence-corrected chi connectivity index (χ2v) is 5.41. The molecule has 1 atom stereocenters. The van der Waals surface area contributed by atoms with Crippen molar-refractivity contribution in [3.8, 4) is 5.75 Å². The van der Waals surface area contributed by atoms with E-state index in [0.29, 0.717) is 20.4 Å². The van der Waals surface area contributed by atoms with Gasteiger partial charge in [-0.2, -0.15) is 0 Å². The Morgan fingerprint density at radius 3 is 2.88 bits per heavy atom. The van der Waals surface area contributed by atoms with Crippen molar-refractivity contribution in [1.29, 1.82) is 0 Å². The number of aromatic nitrogens is 1. The predicted octanol–water partition coefficient (Wildman–Crippen LogP) is 2.42. The molecule has 5 nitrogen and oxygen atoms in total. The third kappa shape index (κ3) is 2.42. The number of benzene rings is 1. The van der Waals surface area contributed by atoms with Crippen LogP contribution in [0.1, 0.15) is 0 Å². The Balaban J connectivity index is 2.56. The number of aromatic amines is 1. The largest absolute Gasteiger partial charge is 0.746 e. The van der Waals surface area contributed by atoms with Gasteiger partial charge < -0.3 is 19.3 Å². The molecule has 1 aromatic heterocycles. The normalized spacial score (nSPS) is 15.0. The standard InChI is InChI=1S/C8H6BrClNO4P/c9-5-1-4-7(2-6(5)10)11-3-8(4)15-16(12,13)14/h1-3,11H,(H2,12,13,14)/p-1. The van der Waals surface area contributed by atoms with Crippen molar-refractivity contribution in [2.45, 2.75) is 0 Å². The minimum Gasteiger partial charge on any atom is -0.746 e. The molecule has 16 heavy (non-hydrogen) atoms. The molecule has 1 unspecified atom stereocenters. The third-order valence-electron chi connectivity index (χ3n) is 1.90. The Bertz CT molecular complexity index is 593. The summed E-state index contributed by atoms with van der Waals surface area (Å²) in [6.45, 7) is 0. The number of nitrogens with one attached hydrogen (secondary N) is 1. The second-order valence-electron chi connectivity index (χ2n) is 3.02. The second kappa shape index (κ2) is 4.05. The summed E-state index contributed by atoms with van der Waals surface area (Å²) in [5, 5.41) is 0.983. The molecule has 0 aliphatic carbocycles. The summed E-state index contributed by atoms with van der Waals surface area (Å²) >= 11 is 9.06. The Hall–Kier alpha value is -0.520. The molecule has 0 saturated heterocycles. The van der Waals surface area contributed by atoms with Crippen molar-refractivity contribution >= 4 is 46.3 Å². The fourth-order valence-electron chi connectivity index (χ4n) is 1.29. The predicted molar refractivity (Wildman–Crippen MR) is 61.5 cm³/mol. The zero-order valence-corrected chi connectivity index (χ0v) is 10.8. The van der Waals surface area contributed by atoms with Gasteiger partial charge in [0.1, 0.15) is 0 Å². The van der Waals surface area contributed by atoms with E-state index in [2.05, 4.69) is 25.4 Å². The monoisotopic (exact) mass is 324 g/mol. The van der Waals surface area contributed by atoms with Crippen molar-refractivity contribution in [3.63, 3.8) is 0 Å². The van der Waals surface area contributed by atoms with Crippen LogP contribution in [-0.4, -0.2) is 9.88 Å². The summed E-state index contributed by atoms with van der Waals surface area (Å²) in [5.74, 6) is 0.0215. The number of fused-ring (bicyclic) bond motifs is 1. The molecule has 0 bridgehead atoms. The molecule has 8 heteroatoms. The molecule has 86 valence electrons. The quantitative estimate of drug-likeness (QED) is 0.830. The first-order chi connectivity index (χ1) is 7.37. The smallest absolute Gasteiger partial charge is 0.317 e. The first-order valence-corrected chi connectivity index (χ1v) is 6.73. The van der Waals surface area contributed by atoms with Gasteiger partial charge in [0.25, 0.3) is 0 Å². The van der Waals surface area contributed by atoms with Crippen LogP contribution >= 0.6 is 35.4 Å². The molecule has 0 fully saturated rings. The molecule has 0 saturated carbocycles. The molecule has 0 radical (unpaired) electrons. The van der Waals surface area contributed by atoms with Crippen molar-refractivity contribution in [3.05, 3.63) is 27.8 Å². The Kier molecular flexibility index (Phi) is 3.03. The number of phosphoric acid groups is 1. The molecule has 0 aliphatic rings. The highest BCUT2D eigenvalue weighted by molar-refractivity contribution is 9.10. The van der Waals surface area contributed by atoms with Gasteiger partial charge in [-0.3, -0.25) is 4.57 Å². The first kappa shape index (κ1) is 12.0. The minimum absolute atomic E-state index is 0.0215. The van der Waals surface area contributed by atoms with Gasteiger partial charge in [-0.15, -0.1) is 0 Å². The highest BCUT2D eigenvalue weighted by atomic mass is 79.9. The van der Waals surface area contributed by atoms with Gasteiger partial charge in [-0.05, 0) is 28.1 Å². The number of hydrogen-bond acceptors (Lipinski definition) is 3. The van der Waals surface area contributed by atoms with Crippen LogP contribution in [0.15, 0.2) is 22.8 Å². The van der Waals surface area contributed by atoms with E-state index in [4.69, 9.17) is 16.5 Å². The molecule has 1 aromatic carbocycles. The Morgan fingerprint density at radius 2 is 2.25 bits per heavy atom. The maximum Gasteiger partial charge on any atom is 0.317 e. The van der Waals surface area contributed by atoms with Crippen molar-refractivity contribution in [2.75, 3.05) is 0 Å². The van der Waals surface area contributed by atoms with Gasteiger partial charge in [0, 0.05) is 16.1 Å². The molecular weight excluding hydrogens is 320 g/mol. The van der Waals surface area contributed by atoms with Crippen LogP contribution in [0, 0.1) is 0 Å². The molecule has 2 rings (SSSR count). The lowest BCUT2D eigenvalue weighted by atomic mass is 10.2. The van der Waals surface area contributed by atoms with Gasteiger partial charge in [0.2, 0.25) is 0 Å². The van der Waals surface area contributed by atoms with Crippen LogP contribution in [0.3, 0.4) is 0 Å². The van der Waals surface area contributed by atoms with Crippen LogP contribution in [0.25, 0.3) is 10.9 Å². The molecular formula is C8H5BrClNO4P-. The fourth-order valence-corrected chi connectivity index (χ4v) is 2.20. The van der Waals surface area contributed by atoms with E-state index >= 15 is 0 Å². The number of halogens is 2. The van der Waals surface area contributed by atoms with Crippen molar-refractivity contribution in [2.24, 2.45) is 0 Å². The maximum absolute atomic E-state index is 10.6. The Morgan fingerprint density at radius 1 is 1.56 bits per heavy atom. The first-order valence-electron chi connectivity index (χ1n) is 4.06. The molecule has 2 N–H and O–H groups in total. The fraction of sp³-hybridized carbons (Fsp3) is 0. The van der Waals surface area contributed by atoms with Gasteiger partial charge in [-0.1, -0.05) is 11.6 Å². The number of hydrogen-bond donors (Lipinski definition) is 2. The zero-order chi connectivity index (χ0) is 11.9. The topological polar surface area (TPSA) is 85.4 Å². The van der Waals surface area contributed by atoms with Crippen LogP contribution in [0.2, 0.25) is 5.02 Å². The van der Waals surface area contributed by atoms with Gasteiger partial charge in [-0.25, -0.2) is 0 Å². The summed E-state index contributed by atoms with van der Waals surface area (Å²) < 4.78 is 15.6. The van der Waals surface area contributed by atoms with E-state index in [1.54, 1.807) is 12.1 Å². The summed E-state index contributed by atoms with van der Waals surface area (Å²) in [5.41, 5.74) is 0.608. The lowest BCUT2D eigenvalue weighted by molar-refractivity contribution is -0.211. The summed E-state index contributed by atoms with van der Waals surface area (Å²) in [6, 6.07) is 3.21. The molecule has 0 amide bonds. The van der Waals surface area contributed by atoms with Crippen molar-refractivity contribution in [1.82, 2.24) is 4.98 Å². The van der Waals surface area contributed by atoms with E-state index in [9.17, 15) is 9.46 Å². The van der Waals surface area contributed by atoms with Gasteiger partial charge in [0.15, 0.2) is 5.75 Å². The maximum atomic E-state index is 10.6. The molecule has 0 spiro atoms. The van der Waals surface area contributed by atoms with Crippen LogP contribution in [0.4, 0.5) is 0 Å². The van der Waals surface area contributed by atoms with Gasteiger partial charge in [0.05, 0.1) is 10.5 Å². The number of phosphoric ester groups is 1. The third-order valence-corrected chi connectivity index (χ3v) is 3.52. The average Bonchev–Trinajstić information content (AvgIpc) is 2.47. The van der Waals surface area contributed by atoms with Crippen LogP contribution < -0.4 is 9.42 Å². The van der Waals surface area contributed by atoms with E-state index in [-0.39, 0.29) is 5.75 Å². The molecule has 0 aliphatic heterocycles. The van der Waals surface area contributed by atoms with Crippen LogP contribution in [-0.2, 0) is 4.57 Å². The Labute approximate surface area is 104 Å². The molecule has 2 aromatic rings. The zero-order valence-electron chi connectivity index (χ0n) is 7.61. The molecule has 1 heterocycles. The highest BCUT2D eigenvalue weighted by Gasteiger charge is 2.12. The summed E-state index contributed by atoms with van der Waals surface area (Å²) in [7, 11) is -4.80. The van der Waals surface area contributed by atoms with Crippen LogP contribution in [0.5, 0.6) is 5.75 Å². The van der Waals surface area contributed by atoms with E-state index < -0.39 is 7.82 Å². The summed E-state index contributed by atoms with van der Waals surface area (Å²) in [4.78, 5) is 22.0. The lowest BCUT2D eigenvalue weighted by Gasteiger charge is -2.15. The highest BCUT2D eigenvalue weighted by Crippen LogP contribution is 2.39. The number of H-pyrrole nitrogens is 1. The minimum atomic E-state index is -4.80. The van der Waals surface area contributed by atoms with E-state index in [1.165, 1.54) is 6.20 Å². The van der Waals surface area contributed by atoms with Crippen molar-refractivity contribution < 1.29 is 18.9 Å².